The monoisotopic (exact) mass is 480 g/mol. The Labute approximate surface area is 197 Å². The van der Waals surface area contributed by atoms with E-state index in [1.165, 1.54) is 6.07 Å². The summed E-state index contributed by atoms with van der Waals surface area (Å²) in [5, 5.41) is 16.1. The molecule has 8 nitrogen and oxygen atoms in total. The lowest BCUT2D eigenvalue weighted by atomic mass is 10.1. The summed E-state index contributed by atoms with van der Waals surface area (Å²) in [5.74, 6) is -1.16. The fourth-order valence-corrected chi connectivity index (χ4v) is 4.52. The average Bonchev–Trinajstić information content (AvgIpc) is 3.35. The molecule has 0 saturated carbocycles. The van der Waals surface area contributed by atoms with Gasteiger partial charge in [0.1, 0.15) is 27.6 Å². The molecule has 2 aromatic carbocycles. The van der Waals surface area contributed by atoms with Gasteiger partial charge in [-0.2, -0.15) is 5.26 Å². The summed E-state index contributed by atoms with van der Waals surface area (Å²) in [4.78, 5) is 37.0. The van der Waals surface area contributed by atoms with Gasteiger partial charge >= 0.3 is 5.97 Å². The molecule has 1 unspecified atom stereocenters. The summed E-state index contributed by atoms with van der Waals surface area (Å²) < 4.78 is 4.84. The van der Waals surface area contributed by atoms with E-state index in [2.05, 4.69) is 10.6 Å². The largest absolute Gasteiger partial charge is 0.464 e. The lowest BCUT2D eigenvalue weighted by molar-refractivity contribution is -0.139. The highest BCUT2D eigenvalue weighted by Gasteiger charge is 2.28. The lowest BCUT2D eigenvalue weighted by Crippen LogP contribution is -2.37. The number of cyclic esters (lactones) is 1. The van der Waals surface area contributed by atoms with E-state index in [4.69, 9.17) is 22.1 Å². The Morgan fingerprint density at radius 2 is 1.94 bits per heavy atom. The van der Waals surface area contributed by atoms with Gasteiger partial charge in [-0.3, -0.25) is 9.59 Å². The van der Waals surface area contributed by atoms with Crippen molar-refractivity contribution in [2.75, 3.05) is 17.7 Å². The molecule has 10 heteroatoms. The number of benzene rings is 2. The number of nitrogens with one attached hydrogen (secondary N) is 2. The van der Waals surface area contributed by atoms with Gasteiger partial charge < -0.3 is 21.1 Å². The van der Waals surface area contributed by atoms with Crippen LogP contribution in [0.25, 0.3) is 0 Å². The Balaban J connectivity index is 1.52. The van der Waals surface area contributed by atoms with E-state index < -0.39 is 17.9 Å². The fraction of sp³-hybridized carbons (Fsp3) is 0.130. The quantitative estimate of drug-likeness (QED) is 0.360. The molecule has 2 heterocycles. The van der Waals surface area contributed by atoms with Crippen LogP contribution >= 0.6 is 22.9 Å². The van der Waals surface area contributed by atoms with Crippen LogP contribution in [-0.2, 0) is 9.53 Å². The molecule has 33 heavy (non-hydrogen) atoms. The molecule has 0 spiro atoms. The number of esters is 1. The van der Waals surface area contributed by atoms with Gasteiger partial charge in [0.15, 0.2) is 0 Å². The first-order valence-electron chi connectivity index (χ1n) is 9.84. The van der Waals surface area contributed by atoms with Crippen molar-refractivity contribution in [1.29, 1.82) is 5.26 Å². The average molecular weight is 481 g/mol. The van der Waals surface area contributed by atoms with Crippen LogP contribution in [0.2, 0.25) is 5.02 Å². The third-order valence-electron chi connectivity index (χ3n) is 5.00. The molecule has 4 N–H and O–H groups in total. The maximum absolute atomic E-state index is 12.9. The number of nitrogens with zero attached hydrogens (tertiary/aromatic N) is 1. The van der Waals surface area contributed by atoms with Crippen LogP contribution in [-0.4, -0.2) is 30.3 Å². The summed E-state index contributed by atoms with van der Waals surface area (Å²) in [5.41, 5.74) is 7.67. The van der Waals surface area contributed by atoms with Crippen molar-refractivity contribution in [1.82, 2.24) is 5.32 Å². The molecular formula is C23H17ClN4O4S. The van der Waals surface area contributed by atoms with E-state index >= 15 is 0 Å². The zero-order valence-corrected chi connectivity index (χ0v) is 18.6. The molecule has 1 aliphatic heterocycles. The molecular weight excluding hydrogens is 464 g/mol. The first kappa shape index (κ1) is 22.3. The number of thiophene rings is 1. The van der Waals surface area contributed by atoms with Crippen LogP contribution in [0, 0.1) is 11.3 Å². The van der Waals surface area contributed by atoms with Gasteiger partial charge in [0.25, 0.3) is 5.91 Å². The van der Waals surface area contributed by atoms with E-state index in [1.54, 1.807) is 42.5 Å². The highest BCUT2D eigenvalue weighted by Crippen LogP contribution is 2.38. The zero-order valence-electron chi connectivity index (χ0n) is 17.1. The molecule has 1 amide bonds. The zero-order chi connectivity index (χ0) is 23.5. The molecule has 1 fully saturated rings. The lowest BCUT2D eigenvalue weighted by Gasteiger charge is -2.10. The summed E-state index contributed by atoms with van der Waals surface area (Å²) in [7, 11) is 0. The summed E-state index contributed by atoms with van der Waals surface area (Å²) in [6, 6.07) is 14.3. The molecule has 1 aromatic heterocycles. The maximum Gasteiger partial charge on any atom is 0.328 e. The van der Waals surface area contributed by atoms with Crippen molar-refractivity contribution >= 4 is 57.0 Å². The number of nitriles is 1. The van der Waals surface area contributed by atoms with E-state index in [1.807, 2.05) is 6.07 Å². The molecule has 1 aliphatic rings. The minimum absolute atomic E-state index is 0.0921. The van der Waals surface area contributed by atoms with Crippen LogP contribution in [0.4, 0.5) is 16.4 Å². The van der Waals surface area contributed by atoms with Gasteiger partial charge in [-0.05, 0) is 36.4 Å². The maximum atomic E-state index is 12.9. The Kier molecular flexibility index (Phi) is 6.31. The number of anilines is 3. The summed E-state index contributed by atoms with van der Waals surface area (Å²) >= 11 is 7.05. The second kappa shape index (κ2) is 9.32. The minimum atomic E-state index is -0.641. The highest BCUT2D eigenvalue weighted by atomic mass is 35.5. The molecule has 0 aliphatic carbocycles. The Morgan fingerprint density at radius 1 is 1.18 bits per heavy atom. The number of ether oxygens (including phenoxy) is 1. The molecule has 1 saturated heterocycles. The number of rotatable bonds is 6. The first-order chi connectivity index (χ1) is 15.9. The molecule has 4 rings (SSSR count). The molecule has 166 valence electrons. The number of carbonyl (C=O) groups is 3. The highest BCUT2D eigenvalue weighted by molar-refractivity contribution is 7.19. The number of ketones is 1. The van der Waals surface area contributed by atoms with Gasteiger partial charge in [0.2, 0.25) is 5.78 Å². The van der Waals surface area contributed by atoms with Crippen LogP contribution in [0.1, 0.15) is 37.6 Å². The Bertz CT molecular complexity index is 1300. The van der Waals surface area contributed by atoms with Gasteiger partial charge in [0.05, 0.1) is 12.3 Å². The summed E-state index contributed by atoms with van der Waals surface area (Å²) in [6.45, 7) is 0.291. The predicted octanol–water partition coefficient (Wildman–Crippen LogP) is 3.88. The topological polar surface area (TPSA) is 134 Å². The molecule has 1 atom stereocenters. The van der Waals surface area contributed by atoms with Crippen LogP contribution in [0.5, 0.6) is 0 Å². The smallest absolute Gasteiger partial charge is 0.328 e. The van der Waals surface area contributed by atoms with Crippen LogP contribution in [0.15, 0.2) is 48.5 Å². The van der Waals surface area contributed by atoms with Crippen molar-refractivity contribution in [3.8, 4) is 6.07 Å². The van der Waals surface area contributed by atoms with Crippen molar-refractivity contribution in [3.63, 3.8) is 0 Å². The van der Waals surface area contributed by atoms with E-state index in [9.17, 15) is 19.6 Å². The third-order valence-corrected chi connectivity index (χ3v) is 6.35. The standard InChI is InChI=1S/C23H17ClN4O4S/c24-14-3-1-2-13(10-14)19(29)20-18(26)16(11-25)22(33-20)27-15-6-4-12(5-7-15)21(30)28-17-8-9-32-23(17)31/h1-7,10,17,27H,8-9,26H2,(H,28,30). The minimum Gasteiger partial charge on any atom is -0.464 e. The van der Waals surface area contributed by atoms with Gasteiger partial charge in [-0.15, -0.1) is 11.3 Å². The van der Waals surface area contributed by atoms with Crippen LogP contribution < -0.4 is 16.4 Å². The SMILES string of the molecule is N#Cc1c(Nc2ccc(C(=O)NC3CCOC3=O)cc2)sc(C(=O)c2cccc(Cl)c2)c1N. The second-order valence-electron chi connectivity index (χ2n) is 7.18. The summed E-state index contributed by atoms with van der Waals surface area (Å²) in [6.07, 6.45) is 0.442. The number of amides is 1. The van der Waals surface area contributed by atoms with Gasteiger partial charge in [-0.25, -0.2) is 4.79 Å². The van der Waals surface area contributed by atoms with E-state index in [0.717, 1.165) is 11.3 Å². The Hall–Kier alpha value is -3.87. The normalized spacial score (nSPS) is 14.9. The third kappa shape index (κ3) is 4.67. The van der Waals surface area contributed by atoms with Gasteiger partial charge in [-0.1, -0.05) is 23.7 Å². The number of carbonyl (C=O) groups excluding carboxylic acids is 3. The first-order valence-corrected chi connectivity index (χ1v) is 11.0. The van der Waals surface area contributed by atoms with Crippen molar-refractivity contribution < 1.29 is 19.1 Å². The fourth-order valence-electron chi connectivity index (χ4n) is 3.28. The van der Waals surface area contributed by atoms with E-state index in [-0.39, 0.29) is 21.9 Å². The molecule has 3 aromatic rings. The number of hydrogen-bond acceptors (Lipinski definition) is 8. The van der Waals surface area contributed by atoms with Crippen molar-refractivity contribution in [3.05, 3.63) is 75.1 Å². The van der Waals surface area contributed by atoms with Crippen molar-refractivity contribution in [2.45, 2.75) is 12.5 Å². The van der Waals surface area contributed by atoms with E-state index in [0.29, 0.717) is 39.9 Å². The van der Waals surface area contributed by atoms with Crippen molar-refractivity contribution in [2.24, 2.45) is 0 Å². The van der Waals surface area contributed by atoms with Crippen LogP contribution in [0.3, 0.4) is 0 Å². The number of halogens is 1. The van der Waals surface area contributed by atoms with Gasteiger partial charge in [0, 0.05) is 28.3 Å². The number of nitrogen functional groups attached to an aromatic ring is 1. The Morgan fingerprint density at radius 3 is 2.58 bits per heavy atom. The molecule has 0 radical (unpaired) electrons. The molecule has 0 bridgehead atoms. The predicted molar refractivity (Wildman–Crippen MR) is 125 cm³/mol. The number of nitrogens with two attached hydrogens (primary N) is 1. The number of hydrogen-bond donors (Lipinski definition) is 3. The second-order valence-corrected chi connectivity index (χ2v) is 8.64.